The summed E-state index contributed by atoms with van der Waals surface area (Å²) in [6, 6.07) is 7.99. The van der Waals surface area contributed by atoms with Crippen LogP contribution in [0.3, 0.4) is 0 Å². The lowest BCUT2D eigenvalue weighted by Gasteiger charge is -2.67. The van der Waals surface area contributed by atoms with Crippen LogP contribution >= 0.6 is 0 Å². The summed E-state index contributed by atoms with van der Waals surface area (Å²) in [6.07, 6.45) is -7.46. The number of ether oxygens (including phenoxy) is 5. The van der Waals surface area contributed by atoms with Crippen molar-refractivity contribution in [1.29, 1.82) is 0 Å². The number of benzene rings is 1. The maximum atomic E-state index is 14.9. The van der Waals surface area contributed by atoms with Gasteiger partial charge in [0.15, 0.2) is 17.5 Å². The van der Waals surface area contributed by atoms with Crippen LogP contribution in [0.1, 0.15) is 64.7 Å². The van der Waals surface area contributed by atoms with Crippen LogP contribution in [0.15, 0.2) is 41.5 Å². The van der Waals surface area contributed by atoms with Crippen molar-refractivity contribution in [3.63, 3.8) is 0 Å². The fourth-order valence-electron chi connectivity index (χ4n) is 8.07. The SMILES string of the molecule is COC(=O)O[C@@]12CO[C@@H]1CC(O)[C@@]1(C)C(=O)[C@H](OC(C)=O)C3=C(C)[C@](C)(O)C[C@@](O)([C@@H](OC(=O)c4ccccc4)C12)C3(C)C. The van der Waals surface area contributed by atoms with Gasteiger partial charge in [0, 0.05) is 25.2 Å². The molecule has 0 amide bonds. The van der Waals surface area contributed by atoms with Gasteiger partial charge in [0.2, 0.25) is 0 Å². The summed E-state index contributed by atoms with van der Waals surface area (Å²) in [7, 11) is 1.10. The molecule has 3 aliphatic carbocycles. The third-order valence-corrected chi connectivity index (χ3v) is 10.7. The van der Waals surface area contributed by atoms with Crippen molar-refractivity contribution in [2.24, 2.45) is 16.7 Å². The van der Waals surface area contributed by atoms with Gasteiger partial charge in [0.1, 0.15) is 17.8 Å². The molecular weight excluding hydrogens is 576 g/mol. The fraction of sp³-hybridized carbons (Fsp3) is 0.625. The van der Waals surface area contributed by atoms with Crippen molar-refractivity contribution >= 4 is 23.9 Å². The van der Waals surface area contributed by atoms with E-state index < -0.39 is 88.3 Å². The topological polar surface area (TPSA) is 175 Å². The summed E-state index contributed by atoms with van der Waals surface area (Å²) in [4.78, 5) is 54.0. The first kappa shape index (κ1) is 32.1. The standard InChI is InChI=1S/C32H40O12/c1-16-21-22(42-17(2)33)24(35)30(6)19(34)13-20-31(15-41-20,44-27(37)40-7)23(30)25(43-26(36)18-11-9-8-10-12-18)32(39,28(21,3)4)14-29(16,5)38/h8-12,19-20,22-23,25,34,38-39H,13-15H2,1-7H3/t19?,20-,22-,23?,25+,29-,30-,31+,32-/m1/s1. The number of esters is 2. The molecule has 12 nitrogen and oxygen atoms in total. The molecule has 2 saturated carbocycles. The Morgan fingerprint density at radius 1 is 1.02 bits per heavy atom. The number of carbonyl (C=O) groups excluding carboxylic acids is 4. The van der Waals surface area contributed by atoms with E-state index in [-0.39, 0.29) is 29.7 Å². The molecule has 1 aromatic carbocycles. The lowest BCUT2D eigenvalue weighted by atomic mass is 9.44. The summed E-state index contributed by atoms with van der Waals surface area (Å²) in [5.74, 6) is -3.90. The lowest BCUT2D eigenvalue weighted by molar-refractivity contribution is -0.345. The first-order valence-corrected chi connectivity index (χ1v) is 14.6. The lowest BCUT2D eigenvalue weighted by Crippen LogP contribution is -2.82. The highest BCUT2D eigenvalue weighted by Gasteiger charge is 2.79. The third kappa shape index (κ3) is 4.33. The van der Waals surface area contributed by atoms with Gasteiger partial charge in [-0.1, -0.05) is 32.0 Å². The third-order valence-electron chi connectivity index (χ3n) is 10.7. The molecule has 1 heterocycles. The number of fused-ring (bicyclic) bond motifs is 5. The van der Waals surface area contributed by atoms with Crippen molar-refractivity contribution < 1.29 is 58.2 Å². The predicted octanol–water partition coefficient (Wildman–Crippen LogP) is 2.26. The maximum absolute atomic E-state index is 14.9. The molecule has 1 saturated heterocycles. The number of aliphatic hydroxyl groups is 3. The Hall–Kier alpha value is -3.32. The van der Waals surface area contributed by atoms with Gasteiger partial charge in [0.05, 0.1) is 42.3 Å². The summed E-state index contributed by atoms with van der Waals surface area (Å²) in [5.41, 5.74) is -8.59. The highest BCUT2D eigenvalue weighted by molar-refractivity contribution is 5.95. The summed E-state index contributed by atoms with van der Waals surface area (Å²) >= 11 is 0. The van der Waals surface area contributed by atoms with Crippen LogP contribution in [-0.2, 0) is 33.3 Å². The Labute approximate surface area is 255 Å². The second-order valence-electron chi connectivity index (χ2n) is 13.4. The van der Waals surface area contributed by atoms with E-state index in [4.69, 9.17) is 23.7 Å². The predicted molar refractivity (Wildman–Crippen MR) is 151 cm³/mol. The summed E-state index contributed by atoms with van der Waals surface area (Å²) in [5, 5.41) is 36.6. The Bertz CT molecular complexity index is 1420. The average molecular weight is 617 g/mol. The molecule has 2 unspecified atom stereocenters. The molecule has 2 bridgehead atoms. The molecule has 0 aromatic heterocycles. The Morgan fingerprint density at radius 2 is 1.66 bits per heavy atom. The van der Waals surface area contributed by atoms with Gasteiger partial charge in [-0.05, 0) is 44.1 Å². The molecule has 12 heteroatoms. The number of hydrogen-bond acceptors (Lipinski definition) is 12. The van der Waals surface area contributed by atoms with E-state index in [1.807, 2.05) is 0 Å². The van der Waals surface area contributed by atoms with Crippen LogP contribution in [-0.4, -0.2) is 94.1 Å². The molecule has 44 heavy (non-hydrogen) atoms. The minimum atomic E-state index is -2.19. The van der Waals surface area contributed by atoms with E-state index in [0.717, 1.165) is 14.0 Å². The normalized spacial score (nSPS) is 40.7. The van der Waals surface area contributed by atoms with Crippen molar-refractivity contribution in [3.05, 3.63) is 47.0 Å². The Balaban J connectivity index is 1.86. The van der Waals surface area contributed by atoms with Crippen LogP contribution in [0.5, 0.6) is 0 Å². The number of hydrogen-bond donors (Lipinski definition) is 3. The quantitative estimate of drug-likeness (QED) is 0.256. The summed E-state index contributed by atoms with van der Waals surface area (Å²) < 4.78 is 28.4. The van der Waals surface area contributed by atoms with E-state index in [9.17, 15) is 34.5 Å². The smallest absolute Gasteiger partial charge is 0.455 e. The number of aliphatic hydroxyl groups excluding tert-OH is 1. The van der Waals surface area contributed by atoms with Crippen molar-refractivity contribution in [3.8, 4) is 0 Å². The minimum absolute atomic E-state index is 0.124. The highest BCUT2D eigenvalue weighted by Crippen LogP contribution is 2.65. The van der Waals surface area contributed by atoms with Crippen LogP contribution in [0.25, 0.3) is 0 Å². The van der Waals surface area contributed by atoms with Gasteiger partial charge >= 0.3 is 18.1 Å². The number of rotatable bonds is 4. The Morgan fingerprint density at radius 3 is 2.20 bits per heavy atom. The minimum Gasteiger partial charge on any atom is -0.455 e. The van der Waals surface area contributed by atoms with Crippen molar-refractivity contribution in [2.45, 2.75) is 95.6 Å². The fourth-order valence-corrected chi connectivity index (χ4v) is 8.07. The molecule has 1 aromatic rings. The second-order valence-corrected chi connectivity index (χ2v) is 13.4. The molecular formula is C32H40O12. The van der Waals surface area contributed by atoms with Gasteiger partial charge in [-0.2, -0.15) is 0 Å². The van der Waals surface area contributed by atoms with Crippen LogP contribution in [0.2, 0.25) is 0 Å². The molecule has 4 aliphatic rings. The molecule has 1 aliphatic heterocycles. The van der Waals surface area contributed by atoms with Gasteiger partial charge in [-0.15, -0.1) is 0 Å². The van der Waals surface area contributed by atoms with E-state index in [1.54, 1.807) is 39.0 Å². The number of ketones is 1. The zero-order chi connectivity index (χ0) is 32.6. The molecule has 0 radical (unpaired) electrons. The maximum Gasteiger partial charge on any atom is 0.508 e. The Kier molecular flexibility index (Phi) is 7.56. The van der Waals surface area contributed by atoms with Gasteiger partial charge in [-0.3, -0.25) is 9.59 Å². The van der Waals surface area contributed by atoms with Crippen molar-refractivity contribution in [1.82, 2.24) is 0 Å². The van der Waals surface area contributed by atoms with Crippen molar-refractivity contribution in [2.75, 3.05) is 13.7 Å². The molecule has 3 N–H and O–H groups in total. The van der Waals surface area contributed by atoms with Crippen LogP contribution < -0.4 is 0 Å². The monoisotopic (exact) mass is 616 g/mol. The number of Topliss-reactive ketones (excluding diaryl/α,β-unsaturated/α-hetero) is 1. The first-order valence-electron chi connectivity index (χ1n) is 14.6. The average Bonchev–Trinajstić information content (AvgIpc) is 2.94. The summed E-state index contributed by atoms with van der Waals surface area (Å²) in [6.45, 7) is 8.52. The van der Waals surface area contributed by atoms with Crippen LogP contribution in [0.4, 0.5) is 4.79 Å². The van der Waals surface area contributed by atoms with Gasteiger partial charge in [0.25, 0.3) is 0 Å². The molecule has 5 rings (SSSR count). The first-order chi connectivity index (χ1) is 20.4. The molecule has 0 spiro atoms. The zero-order valence-corrected chi connectivity index (χ0v) is 25.9. The van der Waals surface area contributed by atoms with Gasteiger partial charge in [-0.25, -0.2) is 9.59 Å². The number of carbonyl (C=O) groups is 4. The number of methoxy groups -OCH3 is 1. The van der Waals surface area contributed by atoms with E-state index in [0.29, 0.717) is 0 Å². The van der Waals surface area contributed by atoms with E-state index in [2.05, 4.69) is 0 Å². The second kappa shape index (κ2) is 10.4. The molecule has 240 valence electrons. The van der Waals surface area contributed by atoms with Crippen LogP contribution in [0, 0.1) is 16.7 Å². The molecule has 3 fully saturated rings. The molecule has 9 atom stereocenters. The zero-order valence-electron chi connectivity index (χ0n) is 25.9. The van der Waals surface area contributed by atoms with E-state index >= 15 is 0 Å². The van der Waals surface area contributed by atoms with Gasteiger partial charge < -0.3 is 39.0 Å². The highest BCUT2D eigenvalue weighted by atomic mass is 16.8. The van der Waals surface area contributed by atoms with E-state index in [1.165, 1.54) is 26.0 Å². The largest absolute Gasteiger partial charge is 0.508 e.